The monoisotopic (exact) mass is 410 g/mol. The third-order valence-corrected chi connectivity index (χ3v) is 4.15. The van der Waals surface area contributed by atoms with Crippen LogP contribution >= 0.6 is 0 Å². The maximum absolute atomic E-state index is 12.6. The SMILES string of the molecule is Cc1c(NC(=O)c2c(NC(=O)Cn3ccc(C(F)(F)F)n3)cnn2C)cnn1C. The van der Waals surface area contributed by atoms with Crippen molar-refractivity contribution >= 4 is 23.2 Å². The maximum atomic E-state index is 12.6. The van der Waals surface area contributed by atoms with Crippen molar-refractivity contribution in [3.8, 4) is 0 Å². The van der Waals surface area contributed by atoms with E-state index in [1.165, 1.54) is 24.1 Å². The van der Waals surface area contributed by atoms with Gasteiger partial charge < -0.3 is 10.6 Å². The highest BCUT2D eigenvalue weighted by molar-refractivity contribution is 6.09. The van der Waals surface area contributed by atoms with Gasteiger partial charge >= 0.3 is 6.18 Å². The normalized spacial score (nSPS) is 11.5. The highest BCUT2D eigenvalue weighted by Crippen LogP contribution is 2.27. The maximum Gasteiger partial charge on any atom is 0.435 e. The fourth-order valence-electron chi connectivity index (χ4n) is 2.54. The summed E-state index contributed by atoms with van der Waals surface area (Å²) in [4.78, 5) is 24.8. The highest BCUT2D eigenvalue weighted by Gasteiger charge is 2.33. The molecule has 0 saturated heterocycles. The predicted octanol–water partition coefficient (Wildman–Crippen LogP) is 1.57. The fraction of sp³-hybridized carbons (Fsp3) is 0.312. The summed E-state index contributed by atoms with van der Waals surface area (Å²) in [5.41, 5.74) is 0.300. The summed E-state index contributed by atoms with van der Waals surface area (Å²) in [6, 6.07) is 0.770. The van der Waals surface area contributed by atoms with E-state index in [1.54, 1.807) is 18.7 Å². The van der Waals surface area contributed by atoms with Crippen LogP contribution in [0.3, 0.4) is 0 Å². The lowest BCUT2D eigenvalue weighted by molar-refractivity contribution is -0.141. The van der Waals surface area contributed by atoms with Crippen LogP contribution in [-0.2, 0) is 31.6 Å². The molecule has 0 aromatic carbocycles. The molecule has 2 amide bonds. The molecule has 0 fully saturated rings. The smallest absolute Gasteiger partial charge is 0.321 e. The summed E-state index contributed by atoms with van der Waals surface area (Å²) in [6.07, 6.45) is -0.795. The van der Waals surface area contributed by atoms with Crippen molar-refractivity contribution in [1.29, 1.82) is 0 Å². The molecule has 0 spiro atoms. The Labute approximate surface area is 162 Å². The Morgan fingerprint density at radius 3 is 2.31 bits per heavy atom. The van der Waals surface area contributed by atoms with Crippen LogP contribution in [0.25, 0.3) is 0 Å². The minimum absolute atomic E-state index is 0.0676. The zero-order valence-electron chi connectivity index (χ0n) is 15.7. The molecule has 0 aliphatic rings. The Hall–Kier alpha value is -3.64. The largest absolute Gasteiger partial charge is 0.435 e. The zero-order valence-corrected chi connectivity index (χ0v) is 15.7. The van der Waals surface area contributed by atoms with Crippen molar-refractivity contribution in [3.63, 3.8) is 0 Å². The van der Waals surface area contributed by atoms with Crippen molar-refractivity contribution in [2.24, 2.45) is 14.1 Å². The summed E-state index contributed by atoms with van der Waals surface area (Å²) in [7, 11) is 3.24. The van der Waals surface area contributed by atoms with Crippen molar-refractivity contribution in [2.45, 2.75) is 19.6 Å². The van der Waals surface area contributed by atoms with E-state index < -0.39 is 30.2 Å². The average molecular weight is 410 g/mol. The Bertz CT molecular complexity index is 1060. The van der Waals surface area contributed by atoms with Crippen molar-refractivity contribution in [2.75, 3.05) is 10.6 Å². The number of nitrogens with one attached hydrogen (secondary N) is 2. The molecule has 0 radical (unpaired) electrons. The van der Waals surface area contributed by atoms with Gasteiger partial charge in [-0.25, -0.2) is 0 Å². The third-order valence-electron chi connectivity index (χ3n) is 4.15. The number of aryl methyl sites for hydroxylation is 2. The first-order valence-corrected chi connectivity index (χ1v) is 8.28. The van der Waals surface area contributed by atoms with Gasteiger partial charge in [0, 0.05) is 20.3 Å². The van der Waals surface area contributed by atoms with Crippen LogP contribution in [0.15, 0.2) is 24.7 Å². The summed E-state index contributed by atoms with van der Waals surface area (Å²) in [5.74, 6) is -1.20. The van der Waals surface area contributed by atoms with E-state index in [0.29, 0.717) is 5.69 Å². The average Bonchev–Trinajstić information content (AvgIpc) is 3.31. The molecule has 2 N–H and O–H groups in total. The molecule has 3 heterocycles. The minimum atomic E-state index is -4.60. The summed E-state index contributed by atoms with van der Waals surface area (Å²) in [6.45, 7) is 1.31. The van der Waals surface area contributed by atoms with Gasteiger partial charge in [0.1, 0.15) is 12.2 Å². The number of halogens is 3. The standard InChI is InChI=1S/C16H17F3N8O2/c1-9-10(6-20-25(9)2)23-15(29)14-11(7-21-26(14)3)22-13(28)8-27-5-4-12(24-27)16(17,18)19/h4-7H,8H2,1-3H3,(H,22,28)(H,23,29). The molecule has 3 rings (SSSR count). The predicted molar refractivity (Wildman–Crippen MR) is 95.0 cm³/mol. The number of aromatic nitrogens is 6. The van der Waals surface area contributed by atoms with Gasteiger partial charge in [-0.2, -0.15) is 28.5 Å². The molecule has 0 saturated carbocycles. The second-order valence-electron chi connectivity index (χ2n) is 6.20. The molecule has 3 aromatic rings. The lowest BCUT2D eigenvalue weighted by atomic mass is 10.3. The van der Waals surface area contributed by atoms with Crippen molar-refractivity contribution in [1.82, 2.24) is 29.3 Å². The molecule has 0 aliphatic carbocycles. The van der Waals surface area contributed by atoms with Crippen LogP contribution < -0.4 is 10.6 Å². The first-order chi connectivity index (χ1) is 13.6. The molecule has 154 valence electrons. The quantitative estimate of drug-likeness (QED) is 0.663. The Morgan fingerprint density at radius 1 is 1.07 bits per heavy atom. The number of hydrogen-bond acceptors (Lipinski definition) is 5. The van der Waals surface area contributed by atoms with E-state index >= 15 is 0 Å². The molecule has 10 nitrogen and oxygen atoms in total. The highest BCUT2D eigenvalue weighted by atomic mass is 19.4. The van der Waals surface area contributed by atoms with Gasteiger partial charge in [0.15, 0.2) is 5.69 Å². The molecule has 0 unspecified atom stereocenters. The molecular formula is C16H17F3N8O2. The Kier molecular flexibility index (Phi) is 5.14. The summed E-state index contributed by atoms with van der Waals surface area (Å²) < 4.78 is 41.5. The number of carbonyl (C=O) groups is 2. The van der Waals surface area contributed by atoms with Crippen LogP contribution in [0.2, 0.25) is 0 Å². The van der Waals surface area contributed by atoms with Crippen LogP contribution in [0.5, 0.6) is 0 Å². The van der Waals surface area contributed by atoms with Gasteiger partial charge in [0.2, 0.25) is 5.91 Å². The lowest BCUT2D eigenvalue weighted by Gasteiger charge is -2.09. The van der Waals surface area contributed by atoms with Gasteiger partial charge in [-0.05, 0) is 13.0 Å². The van der Waals surface area contributed by atoms with E-state index in [9.17, 15) is 22.8 Å². The Balaban J connectivity index is 1.72. The van der Waals surface area contributed by atoms with Crippen LogP contribution in [0.1, 0.15) is 21.9 Å². The van der Waals surface area contributed by atoms with Gasteiger partial charge in [0.05, 0.1) is 29.5 Å². The van der Waals surface area contributed by atoms with E-state index in [-0.39, 0.29) is 11.4 Å². The lowest BCUT2D eigenvalue weighted by Crippen LogP contribution is -2.23. The molecule has 0 atom stereocenters. The minimum Gasteiger partial charge on any atom is -0.321 e. The van der Waals surface area contributed by atoms with Gasteiger partial charge in [-0.15, -0.1) is 0 Å². The number of nitrogens with zero attached hydrogens (tertiary/aromatic N) is 6. The first-order valence-electron chi connectivity index (χ1n) is 8.28. The van der Waals surface area contributed by atoms with Crippen LogP contribution in [0, 0.1) is 6.92 Å². The topological polar surface area (TPSA) is 112 Å². The molecular weight excluding hydrogens is 393 g/mol. The number of rotatable bonds is 5. The number of amides is 2. The molecule has 3 aromatic heterocycles. The number of alkyl halides is 3. The number of carbonyl (C=O) groups excluding carboxylic acids is 2. The van der Waals surface area contributed by atoms with E-state index in [4.69, 9.17) is 0 Å². The van der Waals surface area contributed by atoms with Crippen molar-refractivity contribution < 1.29 is 22.8 Å². The zero-order chi connectivity index (χ0) is 21.3. The van der Waals surface area contributed by atoms with Gasteiger partial charge in [0.25, 0.3) is 5.91 Å². The van der Waals surface area contributed by atoms with E-state index in [2.05, 4.69) is 25.9 Å². The number of hydrogen-bond donors (Lipinski definition) is 2. The number of anilines is 2. The van der Waals surface area contributed by atoms with E-state index in [0.717, 1.165) is 22.6 Å². The van der Waals surface area contributed by atoms with Gasteiger partial charge in [-0.1, -0.05) is 0 Å². The third kappa shape index (κ3) is 4.28. The Morgan fingerprint density at radius 2 is 1.72 bits per heavy atom. The molecule has 0 bridgehead atoms. The van der Waals surface area contributed by atoms with Gasteiger partial charge in [-0.3, -0.25) is 23.6 Å². The van der Waals surface area contributed by atoms with Crippen LogP contribution in [0.4, 0.5) is 24.5 Å². The second kappa shape index (κ2) is 7.41. The molecule has 0 aliphatic heterocycles. The van der Waals surface area contributed by atoms with Crippen molar-refractivity contribution in [3.05, 3.63) is 41.7 Å². The summed E-state index contributed by atoms with van der Waals surface area (Å²) >= 11 is 0. The van der Waals surface area contributed by atoms with E-state index in [1.807, 2.05) is 0 Å². The second-order valence-corrected chi connectivity index (χ2v) is 6.20. The molecule has 13 heteroatoms. The summed E-state index contributed by atoms with van der Waals surface area (Å²) in [5, 5.41) is 16.4. The van der Waals surface area contributed by atoms with Crippen LogP contribution in [-0.4, -0.2) is 41.2 Å². The fourth-order valence-corrected chi connectivity index (χ4v) is 2.54. The molecule has 29 heavy (non-hydrogen) atoms. The first kappa shape index (κ1) is 20.1.